The van der Waals surface area contributed by atoms with E-state index in [0.717, 1.165) is 43.4 Å². The topological polar surface area (TPSA) is 20.2 Å². The number of alkyl halides is 1. The highest BCUT2D eigenvalue weighted by atomic mass is 35.5. The first-order valence-corrected chi connectivity index (χ1v) is 6.65. The van der Waals surface area contributed by atoms with Crippen LogP contribution in [0.1, 0.15) is 47.0 Å². The third kappa shape index (κ3) is 4.29. The molecule has 0 spiro atoms. The van der Waals surface area contributed by atoms with Gasteiger partial charge in [-0.25, -0.2) is 0 Å². The minimum absolute atomic E-state index is 0.162. The van der Waals surface area contributed by atoms with Gasteiger partial charge in [-0.05, 0) is 26.2 Å². The zero-order chi connectivity index (χ0) is 11.9. The minimum Gasteiger partial charge on any atom is -0.386 e. The molecule has 1 N–H and O–H groups in total. The zero-order valence-electron chi connectivity index (χ0n) is 10.7. The summed E-state index contributed by atoms with van der Waals surface area (Å²) in [4.78, 5) is 0. The molecule has 0 aromatic carbocycles. The number of hydrogen-bond donors (Lipinski definition) is 1. The van der Waals surface area contributed by atoms with Gasteiger partial charge >= 0.3 is 0 Å². The quantitative estimate of drug-likeness (QED) is 0.390. The van der Waals surface area contributed by atoms with Crippen LogP contribution in [-0.4, -0.2) is 40.8 Å². The minimum atomic E-state index is -0.434. The number of hydrogen-bond acceptors (Lipinski definition) is 1. The molecule has 0 saturated heterocycles. The van der Waals surface area contributed by atoms with E-state index in [9.17, 15) is 5.11 Å². The number of nitrogens with zero attached hydrogens (tertiary/aromatic N) is 1. The van der Waals surface area contributed by atoms with E-state index in [2.05, 4.69) is 20.8 Å². The molecule has 0 aliphatic carbocycles. The summed E-state index contributed by atoms with van der Waals surface area (Å²) in [6.07, 6.45) is 2.93. The molecule has 0 rings (SSSR count). The van der Waals surface area contributed by atoms with E-state index >= 15 is 0 Å². The third-order valence-electron chi connectivity index (χ3n) is 2.93. The highest BCUT2D eigenvalue weighted by molar-refractivity contribution is 6.20. The lowest BCUT2D eigenvalue weighted by atomic mass is 10.2. The van der Waals surface area contributed by atoms with Gasteiger partial charge in [0.1, 0.15) is 6.10 Å². The van der Waals surface area contributed by atoms with E-state index < -0.39 is 6.10 Å². The molecular formula is C12H27ClNO+. The Kier molecular flexibility index (Phi) is 7.58. The van der Waals surface area contributed by atoms with Gasteiger partial charge in [-0.15, -0.1) is 0 Å². The Morgan fingerprint density at radius 1 is 1.00 bits per heavy atom. The van der Waals surface area contributed by atoms with Gasteiger partial charge in [0.15, 0.2) is 5.50 Å². The number of halogens is 1. The average molecular weight is 237 g/mol. The van der Waals surface area contributed by atoms with Crippen molar-refractivity contribution in [2.75, 3.05) is 19.6 Å². The van der Waals surface area contributed by atoms with Gasteiger partial charge in [-0.3, -0.25) is 0 Å². The molecule has 0 bridgehead atoms. The van der Waals surface area contributed by atoms with Crippen LogP contribution in [-0.2, 0) is 0 Å². The maximum atomic E-state index is 9.69. The predicted molar refractivity (Wildman–Crippen MR) is 67.1 cm³/mol. The number of aliphatic hydroxyl groups excluding tert-OH is 1. The lowest BCUT2D eigenvalue weighted by Crippen LogP contribution is -2.58. The summed E-state index contributed by atoms with van der Waals surface area (Å²) >= 11 is 6.40. The van der Waals surface area contributed by atoms with Crippen molar-refractivity contribution in [3.8, 4) is 0 Å². The molecule has 92 valence electrons. The predicted octanol–water partition coefficient (Wildman–Crippen LogP) is 2.98. The summed E-state index contributed by atoms with van der Waals surface area (Å²) < 4.78 is 0.864. The first-order valence-electron chi connectivity index (χ1n) is 6.22. The largest absolute Gasteiger partial charge is 0.386 e. The van der Waals surface area contributed by atoms with Gasteiger partial charge in [0, 0.05) is 0 Å². The Morgan fingerprint density at radius 2 is 1.33 bits per heavy atom. The fourth-order valence-corrected chi connectivity index (χ4v) is 2.79. The third-order valence-corrected chi connectivity index (χ3v) is 3.71. The second-order valence-corrected chi connectivity index (χ2v) is 4.95. The van der Waals surface area contributed by atoms with E-state index in [1.54, 1.807) is 6.92 Å². The molecule has 3 heteroatoms. The van der Waals surface area contributed by atoms with E-state index in [4.69, 9.17) is 11.6 Å². The van der Waals surface area contributed by atoms with Gasteiger partial charge in [-0.1, -0.05) is 32.4 Å². The van der Waals surface area contributed by atoms with Crippen LogP contribution in [0.4, 0.5) is 0 Å². The number of rotatable bonds is 8. The molecule has 0 aromatic rings. The molecule has 0 aliphatic rings. The highest BCUT2D eigenvalue weighted by Crippen LogP contribution is 2.23. The molecule has 0 saturated carbocycles. The Hall–Kier alpha value is 0.210. The molecule has 2 unspecified atom stereocenters. The standard InChI is InChI=1S/C12H27ClNO/c1-5-8-14(9-6-2,10-7-3)12(13)11(4)15/h11-12,15H,5-10H2,1-4H3/q+1. The first-order chi connectivity index (χ1) is 7.04. The maximum absolute atomic E-state index is 9.69. The first kappa shape index (κ1) is 15.2. The second-order valence-electron chi connectivity index (χ2n) is 4.50. The SMILES string of the molecule is CCC[N+](CCC)(CCC)C(Cl)C(C)O. The second kappa shape index (κ2) is 7.48. The molecule has 2 atom stereocenters. The Balaban J connectivity index is 4.73. The summed E-state index contributed by atoms with van der Waals surface area (Å²) in [5, 5.41) is 9.69. The highest BCUT2D eigenvalue weighted by Gasteiger charge is 2.36. The van der Waals surface area contributed by atoms with E-state index in [0.29, 0.717) is 0 Å². The summed E-state index contributed by atoms with van der Waals surface area (Å²) in [5.74, 6) is 0. The Morgan fingerprint density at radius 3 is 1.53 bits per heavy atom. The van der Waals surface area contributed by atoms with Crippen LogP contribution in [0.2, 0.25) is 0 Å². The molecule has 0 amide bonds. The maximum Gasteiger partial charge on any atom is 0.190 e. The van der Waals surface area contributed by atoms with Crippen molar-refractivity contribution in [1.29, 1.82) is 0 Å². The van der Waals surface area contributed by atoms with Gasteiger partial charge in [0.05, 0.1) is 19.6 Å². The van der Waals surface area contributed by atoms with Crippen LogP contribution >= 0.6 is 11.6 Å². The van der Waals surface area contributed by atoms with Crippen molar-refractivity contribution >= 4 is 11.6 Å². The number of aliphatic hydroxyl groups is 1. The number of quaternary nitrogens is 1. The molecule has 0 aliphatic heterocycles. The van der Waals surface area contributed by atoms with Crippen molar-refractivity contribution < 1.29 is 9.59 Å². The Labute approximate surface area is 99.8 Å². The molecule has 0 radical (unpaired) electrons. The fourth-order valence-electron chi connectivity index (χ4n) is 2.50. The van der Waals surface area contributed by atoms with Crippen LogP contribution in [0.15, 0.2) is 0 Å². The van der Waals surface area contributed by atoms with Crippen molar-refractivity contribution in [3.05, 3.63) is 0 Å². The molecule has 15 heavy (non-hydrogen) atoms. The van der Waals surface area contributed by atoms with E-state index in [1.165, 1.54) is 0 Å². The van der Waals surface area contributed by atoms with Crippen molar-refractivity contribution in [3.63, 3.8) is 0 Å². The monoisotopic (exact) mass is 236 g/mol. The zero-order valence-corrected chi connectivity index (χ0v) is 11.4. The average Bonchev–Trinajstić information content (AvgIpc) is 2.17. The molecular weight excluding hydrogens is 210 g/mol. The molecule has 0 aromatic heterocycles. The van der Waals surface area contributed by atoms with Crippen molar-refractivity contribution in [1.82, 2.24) is 0 Å². The lowest BCUT2D eigenvalue weighted by Gasteiger charge is -2.43. The van der Waals surface area contributed by atoms with Gasteiger partial charge < -0.3 is 9.59 Å². The van der Waals surface area contributed by atoms with Gasteiger partial charge in [0.25, 0.3) is 0 Å². The molecule has 0 heterocycles. The summed E-state index contributed by atoms with van der Waals surface area (Å²) in [5.41, 5.74) is -0.162. The van der Waals surface area contributed by atoms with Crippen LogP contribution < -0.4 is 0 Å². The summed E-state index contributed by atoms with van der Waals surface area (Å²) in [7, 11) is 0. The molecule has 0 fully saturated rings. The van der Waals surface area contributed by atoms with Crippen molar-refractivity contribution in [2.24, 2.45) is 0 Å². The van der Waals surface area contributed by atoms with Crippen molar-refractivity contribution in [2.45, 2.75) is 58.6 Å². The lowest BCUT2D eigenvalue weighted by molar-refractivity contribution is -0.942. The molecule has 2 nitrogen and oxygen atoms in total. The van der Waals surface area contributed by atoms with Crippen LogP contribution in [0, 0.1) is 0 Å². The smallest absolute Gasteiger partial charge is 0.190 e. The van der Waals surface area contributed by atoms with Crippen LogP contribution in [0.25, 0.3) is 0 Å². The Bertz CT molecular complexity index is 145. The van der Waals surface area contributed by atoms with Crippen LogP contribution in [0.3, 0.4) is 0 Å². The van der Waals surface area contributed by atoms with E-state index in [1.807, 2.05) is 0 Å². The van der Waals surface area contributed by atoms with Gasteiger partial charge in [0.2, 0.25) is 0 Å². The normalized spacial score (nSPS) is 16.4. The summed E-state index contributed by atoms with van der Waals surface area (Å²) in [6, 6.07) is 0. The van der Waals surface area contributed by atoms with E-state index in [-0.39, 0.29) is 5.50 Å². The summed E-state index contributed by atoms with van der Waals surface area (Å²) in [6.45, 7) is 11.6. The van der Waals surface area contributed by atoms with Crippen LogP contribution in [0.5, 0.6) is 0 Å². The van der Waals surface area contributed by atoms with Gasteiger partial charge in [-0.2, -0.15) is 0 Å². The fraction of sp³-hybridized carbons (Fsp3) is 1.00.